The number of methoxy groups -OCH3 is 2. The van der Waals surface area contributed by atoms with E-state index in [0.717, 1.165) is 0 Å². The van der Waals surface area contributed by atoms with E-state index in [1.54, 1.807) is 24.3 Å². The van der Waals surface area contributed by atoms with Gasteiger partial charge in [-0.25, -0.2) is 0 Å². The van der Waals surface area contributed by atoms with Crippen molar-refractivity contribution in [2.45, 2.75) is 0 Å². The summed E-state index contributed by atoms with van der Waals surface area (Å²) < 4.78 is 10.5. The molecule has 0 aliphatic carbocycles. The molecule has 23 heavy (non-hydrogen) atoms. The summed E-state index contributed by atoms with van der Waals surface area (Å²) in [4.78, 5) is 12.2. The summed E-state index contributed by atoms with van der Waals surface area (Å²) in [5.74, 6) is 0.320. The van der Waals surface area contributed by atoms with Crippen LogP contribution in [-0.4, -0.2) is 30.3 Å². The molecule has 0 radical (unpaired) electrons. The van der Waals surface area contributed by atoms with Crippen molar-refractivity contribution in [2.75, 3.05) is 19.5 Å². The maximum absolute atomic E-state index is 12.2. The van der Waals surface area contributed by atoms with Crippen molar-refractivity contribution in [1.29, 1.82) is 0 Å². The summed E-state index contributed by atoms with van der Waals surface area (Å²) in [6, 6.07) is 7.77. The zero-order valence-electron chi connectivity index (χ0n) is 12.6. The average Bonchev–Trinajstić information content (AvgIpc) is 2.84. The molecule has 2 aromatic carbocycles. The van der Waals surface area contributed by atoms with Crippen LogP contribution in [0, 0.1) is 0 Å². The molecule has 0 atom stereocenters. The second-order valence-electron chi connectivity index (χ2n) is 5.01. The Hall–Kier alpha value is -3.15. The smallest absolute Gasteiger partial charge is 0.256 e. The van der Waals surface area contributed by atoms with Crippen molar-refractivity contribution in [1.82, 2.24) is 0 Å². The summed E-state index contributed by atoms with van der Waals surface area (Å²) >= 11 is 0. The number of hydrogen-bond donors (Lipinski definition) is 3. The zero-order valence-corrected chi connectivity index (χ0v) is 12.6. The van der Waals surface area contributed by atoms with Gasteiger partial charge in [0.2, 0.25) is 0 Å². The number of phenolic OH excluding ortho intramolecular Hbond substituents is 2. The van der Waals surface area contributed by atoms with E-state index in [4.69, 9.17) is 9.47 Å². The highest BCUT2D eigenvalue weighted by atomic mass is 16.5. The molecular formula is C17H15NO5. The molecule has 0 fully saturated rings. The number of carbonyl (C=O) groups excluding carboxylic acids is 1. The fourth-order valence-corrected chi connectivity index (χ4v) is 2.46. The quantitative estimate of drug-likeness (QED) is 0.599. The summed E-state index contributed by atoms with van der Waals surface area (Å²) in [5, 5.41) is 21.7. The van der Waals surface area contributed by atoms with Gasteiger partial charge in [-0.15, -0.1) is 0 Å². The molecule has 1 aliphatic heterocycles. The van der Waals surface area contributed by atoms with E-state index in [9.17, 15) is 15.0 Å². The van der Waals surface area contributed by atoms with Gasteiger partial charge in [0.15, 0.2) is 23.0 Å². The van der Waals surface area contributed by atoms with Crippen molar-refractivity contribution >= 4 is 23.2 Å². The second-order valence-corrected chi connectivity index (χ2v) is 5.01. The summed E-state index contributed by atoms with van der Waals surface area (Å²) in [7, 11) is 3.05. The number of fused-ring (bicyclic) bond motifs is 1. The van der Waals surface area contributed by atoms with Crippen LogP contribution in [0.5, 0.6) is 23.0 Å². The number of carbonyl (C=O) groups is 1. The van der Waals surface area contributed by atoms with Gasteiger partial charge in [-0.3, -0.25) is 4.79 Å². The van der Waals surface area contributed by atoms with Gasteiger partial charge in [0, 0.05) is 17.2 Å². The molecule has 0 saturated carbocycles. The molecular weight excluding hydrogens is 298 g/mol. The molecule has 0 saturated heterocycles. The Bertz CT molecular complexity index is 826. The first-order chi connectivity index (χ1) is 11.0. The topological polar surface area (TPSA) is 88.0 Å². The minimum absolute atomic E-state index is 0.213. The predicted octanol–water partition coefficient (Wildman–Crippen LogP) is 2.61. The Morgan fingerprint density at radius 3 is 2.35 bits per heavy atom. The van der Waals surface area contributed by atoms with Gasteiger partial charge < -0.3 is 25.0 Å². The average molecular weight is 313 g/mol. The van der Waals surface area contributed by atoms with Crippen LogP contribution in [-0.2, 0) is 4.79 Å². The van der Waals surface area contributed by atoms with Crippen LogP contribution < -0.4 is 14.8 Å². The van der Waals surface area contributed by atoms with Crippen molar-refractivity contribution in [2.24, 2.45) is 0 Å². The van der Waals surface area contributed by atoms with Gasteiger partial charge in [-0.1, -0.05) is 6.07 Å². The minimum atomic E-state index is -0.261. The van der Waals surface area contributed by atoms with Crippen LogP contribution in [0.15, 0.2) is 30.3 Å². The lowest BCUT2D eigenvalue weighted by molar-refractivity contribution is -0.110. The highest BCUT2D eigenvalue weighted by Gasteiger charge is 2.26. The van der Waals surface area contributed by atoms with Crippen LogP contribution >= 0.6 is 0 Å². The van der Waals surface area contributed by atoms with Gasteiger partial charge in [0.1, 0.15) is 0 Å². The van der Waals surface area contributed by atoms with E-state index in [2.05, 4.69) is 5.32 Å². The number of ether oxygens (including phenoxy) is 2. The molecule has 118 valence electrons. The zero-order chi connectivity index (χ0) is 16.6. The van der Waals surface area contributed by atoms with Crippen LogP contribution in [0.25, 0.3) is 11.6 Å². The van der Waals surface area contributed by atoms with E-state index in [1.165, 1.54) is 26.4 Å². The van der Waals surface area contributed by atoms with Crippen LogP contribution in [0.4, 0.5) is 5.69 Å². The maximum Gasteiger partial charge on any atom is 0.256 e. The molecule has 0 spiro atoms. The molecule has 1 aliphatic rings. The molecule has 1 heterocycles. The lowest BCUT2D eigenvalue weighted by atomic mass is 10.0. The van der Waals surface area contributed by atoms with Crippen molar-refractivity contribution in [3.05, 3.63) is 41.5 Å². The van der Waals surface area contributed by atoms with Crippen LogP contribution in [0.1, 0.15) is 11.1 Å². The molecule has 1 amide bonds. The van der Waals surface area contributed by atoms with E-state index < -0.39 is 0 Å². The molecule has 0 unspecified atom stereocenters. The van der Waals surface area contributed by atoms with Gasteiger partial charge in [-0.05, 0) is 29.8 Å². The van der Waals surface area contributed by atoms with Gasteiger partial charge in [-0.2, -0.15) is 0 Å². The monoisotopic (exact) mass is 313 g/mol. The van der Waals surface area contributed by atoms with Gasteiger partial charge in [0.25, 0.3) is 5.91 Å². The fraction of sp³-hybridized carbons (Fsp3) is 0.118. The molecule has 0 aromatic heterocycles. The molecule has 3 rings (SSSR count). The molecule has 3 N–H and O–H groups in total. The molecule has 6 nitrogen and oxygen atoms in total. The number of benzene rings is 2. The number of anilines is 1. The van der Waals surface area contributed by atoms with E-state index in [-0.39, 0.29) is 17.4 Å². The predicted molar refractivity (Wildman–Crippen MR) is 85.8 cm³/mol. The normalized spacial score (nSPS) is 14.5. The summed E-state index contributed by atoms with van der Waals surface area (Å²) in [6.45, 7) is 0. The molecule has 0 bridgehead atoms. The van der Waals surface area contributed by atoms with Crippen molar-refractivity contribution in [3.63, 3.8) is 0 Å². The van der Waals surface area contributed by atoms with Crippen LogP contribution in [0.2, 0.25) is 0 Å². The number of rotatable bonds is 3. The SMILES string of the molecule is COc1cc2c(cc1OC)/C(=C\c1ccc(O)c(O)c1)C(=O)N2. The van der Waals surface area contributed by atoms with E-state index in [1.807, 2.05) is 0 Å². The highest BCUT2D eigenvalue weighted by molar-refractivity contribution is 6.35. The Morgan fingerprint density at radius 2 is 1.70 bits per heavy atom. The largest absolute Gasteiger partial charge is 0.504 e. The van der Waals surface area contributed by atoms with E-state index in [0.29, 0.717) is 33.9 Å². The first-order valence-electron chi connectivity index (χ1n) is 6.85. The Balaban J connectivity index is 2.10. The van der Waals surface area contributed by atoms with Crippen molar-refractivity contribution in [3.8, 4) is 23.0 Å². The Labute approximate surface area is 132 Å². The fourth-order valence-electron chi connectivity index (χ4n) is 2.46. The summed E-state index contributed by atoms with van der Waals surface area (Å²) in [6.07, 6.45) is 1.63. The summed E-state index contributed by atoms with van der Waals surface area (Å²) in [5.41, 5.74) is 2.33. The number of hydrogen-bond acceptors (Lipinski definition) is 5. The standard InChI is InChI=1S/C17H15NO5/c1-22-15-7-10-11(5-9-3-4-13(19)14(20)6-9)17(21)18-12(10)8-16(15)23-2/h3-8,19-20H,1-2H3,(H,18,21)/b11-5+. The highest BCUT2D eigenvalue weighted by Crippen LogP contribution is 2.41. The molecule has 2 aromatic rings. The third kappa shape index (κ3) is 2.55. The van der Waals surface area contributed by atoms with E-state index >= 15 is 0 Å². The number of amides is 1. The van der Waals surface area contributed by atoms with Crippen molar-refractivity contribution < 1.29 is 24.5 Å². The number of aromatic hydroxyl groups is 2. The first-order valence-corrected chi connectivity index (χ1v) is 6.85. The maximum atomic E-state index is 12.2. The van der Waals surface area contributed by atoms with Gasteiger partial charge in [0.05, 0.1) is 19.9 Å². The minimum Gasteiger partial charge on any atom is -0.504 e. The van der Waals surface area contributed by atoms with Gasteiger partial charge >= 0.3 is 0 Å². The van der Waals surface area contributed by atoms with Crippen LogP contribution in [0.3, 0.4) is 0 Å². The Morgan fingerprint density at radius 1 is 1.00 bits per heavy atom. The third-order valence-electron chi connectivity index (χ3n) is 3.62. The lowest BCUT2D eigenvalue weighted by Gasteiger charge is -2.09. The second kappa shape index (κ2) is 5.57. The Kier molecular flexibility index (Phi) is 3.57. The number of nitrogens with one attached hydrogen (secondary N) is 1. The number of phenols is 2. The molecule has 6 heteroatoms. The third-order valence-corrected chi connectivity index (χ3v) is 3.62. The lowest BCUT2D eigenvalue weighted by Crippen LogP contribution is -2.03. The first kappa shape index (κ1) is 14.8.